The molecule has 5 nitrogen and oxygen atoms in total. The van der Waals surface area contributed by atoms with Crippen molar-refractivity contribution in [2.45, 2.75) is 20.8 Å². The molecule has 2 rings (SSSR count). The lowest BCUT2D eigenvalue weighted by Crippen LogP contribution is -2.14. The number of methoxy groups -OCH3 is 2. The molecule has 0 bridgehead atoms. The van der Waals surface area contributed by atoms with Crippen molar-refractivity contribution in [2.24, 2.45) is 0 Å². The van der Waals surface area contributed by atoms with Crippen LogP contribution in [0.1, 0.15) is 36.7 Å². The van der Waals surface area contributed by atoms with Crippen LogP contribution in [0.4, 0.5) is 5.00 Å². The van der Waals surface area contributed by atoms with Crippen LogP contribution in [0.3, 0.4) is 0 Å². The lowest BCUT2D eigenvalue weighted by atomic mass is 10.1. The Hall–Kier alpha value is -2.34. The number of aryl methyl sites for hydroxylation is 2. The van der Waals surface area contributed by atoms with Crippen molar-refractivity contribution in [3.8, 4) is 5.75 Å². The van der Waals surface area contributed by atoms with Gasteiger partial charge in [-0.05, 0) is 44.0 Å². The van der Waals surface area contributed by atoms with Gasteiger partial charge >= 0.3 is 5.97 Å². The second kappa shape index (κ2) is 6.83. The normalized spacial score (nSPS) is 10.3. The minimum Gasteiger partial charge on any atom is -0.496 e. The maximum absolute atomic E-state index is 12.5. The summed E-state index contributed by atoms with van der Waals surface area (Å²) in [5.74, 6) is -0.109. The molecular weight excluding hydrogens is 314 g/mol. The van der Waals surface area contributed by atoms with E-state index in [1.54, 1.807) is 19.2 Å². The van der Waals surface area contributed by atoms with Crippen molar-refractivity contribution in [1.82, 2.24) is 0 Å². The third-order valence-corrected chi connectivity index (χ3v) is 4.79. The van der Waals surface area contributed by atoms with Crippen LogP contribution >= 0.6 is 11.3 Å². The first-order valence-corrected chi connectivity index (χ1v) is 7.85. The molecule has 23 heavy (non-hydrogen) atoms. The highest BCUT2D eigenvalue weighted by atomic mass is 32.1. The molecule has 1 heterocycles. The largest absolute Gasteiger partial charge is 0.496 e. The second-order valence-electron chi connectivity index (χ2n) is 5.12. The smallest absolute Gasteiger partial charge is 0.341 e. The van der Waals surface area contributed by atoms with Gasteiger partial charge in [0.05, 0.1) is 19.8 Å². The number of anilines is 1. The van der Waals surface area contributed by atoms with E-state index in [0.29, 0.717) is 21.9 Å². The summed E-state index contributed by atoms with van der Waals surface area (Å²) in [7, 11) is 2.89. The SMILES string of the molecule is COC(=O)c1c(NC(=O)c2ccc(C)c(OC)c2)sc(C)c1C. The van der Waals surface area contributed by atoms with Crippen LogP contribution in [0.5, 0.6) is 5.75 Å². The molecule has 0 spiro atoms. The summed E-state index contributed by atoms with van der Waals surface area (Å²) in [5.41, 5.74) is 2.63. The lowest BCUT2D eigenvalue weighted by Gasteiger charge is -2.09. The average Bonchev–Trinajstić information content (AvgIpc) is 2.81. The molecule has 2 aromatic rings. The van der Waals surface area contributed by atoms with Gasteiger partial charge in [-0.1, -0.05) is 6.07 Å². The van der Waals surface area contributed by atoms with E-state index in [9.17, 15) is 9.59 Å². The zero-order valence-corrected chi connectivity index (χ0v) is 14.6. The standard InChI is InChI=1S/C17H19NO4S/c1-9-6-7-12(8-13(9)21-4)15(19)18-16-14(17(20)22-5)10(2)11(3)23-16/h6-8H,1-5H3,(H,18,19). The number of amides is 1. The molecule has 1 aromatic heterocycles. The molecule has 1 aromatic carbocycles. The van der Waals surface area contributed by atoms with Crippen LogP contribution in [0.2, 0.25) is 0 Å². The molecule has 122 valence electrons. The molecule has 0 saturated carbocycles. The van der Waals surface area contributed by atoms with E-state index in [4.69, 9.17) is 9.47 Å². The highest BCUT2D eigenvalue weighted by Gasteiger charge is 2.22. The predicted molar refractivity (Wildman–Crippen MR) is 90.8 cm³/mol. The molecule has 0 aliphatic carbocycles. The first-order valence-electron chi connectivity index (χ1n) is 7.03. The fourth-order valence-electron chi connectivity index (χ4n) is 2.20. The Bertz CT molecular complexity index is 764. The van der Waals surface area contributed by atoms with Crippen LogP contribution in [0, 0.1) is 20.8 Å². The number of ether oxygens (including phenoxy) is 2. The second-order valence-corrected chi connectivity index (χ2v) is 6.34. The van der Waals surface area contributed by atoms with Crippen molar-refractivity contribution < 1.29 is 19.1 Å². The van der Waals surface area contributed by atoms with Crippen molar-refractivity contribution in [3.05, 3.63) is 45.3 Å². The van der Waals surface area contributed by atoms with Gasteiger partial charge in [-0.25, -0.2) is 4.79 Å². The minimum absolute atomic E-state index is 0.297. The fraction of sp³-hybridized carbons (Fsp3) is 0.294. The summed E-state index contributed by atoms with van der Waals surface area (Å²) < 4.78 is 10.0. The summed E-state index contributed by atoms with van der Waals surface area (Å²) in [6.45, 7) is 5.64. The van der Waals surface area contributed by atoms with E-state index in [1.165, 1.54) is 18.4 Å². The highest BCUT2D eigenvalue weighted by Crippen LogP contribution is 2.33. The molecule has 0 atom stereocenters. The summed E-state index contributed by atoms with van der Waals surface area (Å²) in [5, 5.41) is 3.29. The number of carbonyl (C=O) groups is 2. The molecule has 1 N–H and O–H groups in total. The third-order valence-electron chi connectivity index (χ3n) is 3.67. The van der Waals surface area contributed by atoms with Crippen LogP contribution in [-0.4, -0.2) is 26.1 Å². The maximum Gasteiger partial charge on any atom is 0.341 e. The van der Waals surface area contributed by atoms with E-state index in [1.807, 2.05) is 26.8 Å². The quantitative estimate of drug-likeness (QED) is 0.866. The zero-order chi connectivity index (χ0) is 17.1. The molecule has 0 fully saturated rings. The van der Waals surface area contributed by atoms with Crippen molar-refractivity contribution >= 4 is 28.2 Å². The minimum atomic E-state index is -0.455. The van der Waals surface area contributed by atoms with E-state index in [0.717, 1.165) is 16.0 Å². The van der Waals surface area contributed by atoms with Crippen LogP contribution in [0.25, 0.3) is 0 Å². The maximum atomic E-state index is 12.5. The number of nitrogens with one attached hydrogen (secondary N) is 1. The first-order chi connectivity index (χ1) is 10.9. The molecule has 1 amide bonds. The summed E-state index contributed by atoms with van der Waals surface area (Å²) in [6.07, 6.45) is 0. The Kier molecular flexibility index (Phi) is 5.05. The predicted octanol–water partition coefficient (Wildman–Crippen LogP) is 3.72. The Balaban J connectivity index is 2.34. The number of hydrogen-bond donors (Lipinski definition) is 1. The molecule has 0 unspecified atom stereocenters. The van der Waals surface area contributed by atoms with Gasteiger partial charge in [-0.2, -0.15) is 0 Å². The van der Waals surface area contributed by atoms with Crippen molar-refractivity contribution in [2.75, 3.05) is 19.5 Å². The van der Waals surface area contributed by atoms with Gasteiger partial charge in [0, 0.05) is 10.4 Å². The molecule has 6 heteroatoms. The number of thiophene rings is 1. The Labute approximate surface area is 139 Å². The number of benzene rings is 1. The number of esters is 1. The fourth-order valence-corrected chi connectivity index (χ4v) is 3.24. The third kappa shape index (κ3) is 3.37. The molecule has 0 radical (unpaired) electrons. The molecular formula is C17H19NO4S. The van der Waals surface area contributed by atoms with E-state index in [-0.39, 0.29) is 5.91 Å². The number of rotatable bonds is 4. The lowest BCUT2D eigenvalue weighted by molar-refractivity contribution is 0.0601. The number of hydrogen-bond acceptors (Lipinski definition) is 5. The Morgan fingerprint density at radius 3 is 2.43 bits per heavy atom. The first kappa shape index (κ1) is 17.0. The van der Waals surface area contributed by atoms with Crippen molar-refractivity contribution in [3.63, 3.8) is 0 Å². The average molecular weight is 333 g/mol. The number of carbonyl (C=O) groups excluding carboxylic acids is 2. The molecule has 0 aliphatic heterocycles. The molecule has 0 saturated heterocycles. The van der Waals surface area contributed by atoms with Gasteiger partial charge in [-0.15, -0.1) is 11.3 Å². The van der Waals surface area contributed by atoms with E-state index >= 15 is 0 Å². The van der Waals surface area contributed by atoms with Gasteiger partial charge in [0.2, 0.25) is 0 Å². The zero-order valence-electron chi connectivity index (χ0n) is 13.8. The highest BCUT2D eigenvalue weighted by molar-refractivity contribution is 7.16. The Morgan fingerprint density at radius 2 is 1.83 bits per heavy atom. The van der Waals surface area contributed by atoms with Gasteiger partial charge in [0.1, 0.15) is 10.8 Å². The van der Waals surface area contributed by atoms with Gasteiger partial charge < -0.3 is 14.8 Å². The van der Waals surface area contributed by atoms with E-state index in [2.05, 4.69) is 5.32 Å². The summed E-state index contributed by atoms with van der Waals surface area (Å²) in [4.78, 5) is 25.4. The topological polar surface area (TPSA) is 64.6 Å². The van der Waals surface area contributed by atoms with Crippen molar-refractivity contribution in [1.29, 1.82) is 0 Å². The van der Waals surface area contributed by atoms with Crippen LogP contribution < -0.4 is 10.1 Å². The molecule has 0 aliphatic rings. The van der Waals surface area contributed by atoms with Crippen LogP contribution in [-0.2, 0) is 4.74 Å². The van der Waals surface area contributed by atoms with Crippen LogP contribution in [0.15, 0.2) is 18.2 Å². The van der Waals surface area contributed by atoms with Gasteiger partial charge in [-0.3, -0.25) is 4.79 Å². The monoisotopic (exact) mass is 333 g/mol. The van der Waals surface area contributed by atoms with E-state index < -0.39 is 5.97 Å². The van der Waals surface area contributed by atoms with Gasteiger partial charge in [0.15, 0.2) is 0 Å². The van der Waals surface area contributed by atoms with Gasteiger partial charge in [0.25, 0.3) is 5.91 Å². The summed E-state index contributed by atoms with van der Waals surface area (Å²) in [6, 6.07) is 5.22. The Morgan fingerprint density at radius 1 is 1.13 bits per heavy atom. The summed E-state index contributed by atoms with van der Waals surface area (Å²) >= 11 is 1.36.